The zero-order chi connectivity index (χ0) is 16.5. The van der Waals surface area contributed by atoms with Crippen molar-refractivity contribution in [2.24, 2.45) is 0 Å². The van der Waals surface area contributed by atoms with E-state index in [-0.39, 0.29) is 6.03 Å². The Hall–Kier alpha value is -1.34. The Bertz CT molecular complexity index is 323. The number of carboxylic acids is 1. The molecule has 124 valence electrons. The summed E-state index contributed by atoms with van der Waals surface area (Å²) < 4.78 is 10.5. The number of aliphatic carboxylic acids is 1. The minimum atomic E-state index is -1.27. The standard InChI is InChI=1S/C14H28N2O5/c1-6-20-10-8-16(9-11-21-7-2)13(19)15(5)14(3,4)12(17)18/h6-11H2,1-5H3,(H,17,18). The van der Waals surface area contributed by atoms with Gasteiger partial charge in [-0.15, -0.1) is 0 Å². The third kappa shape index (κ3) is 6.31. The molecular formula is C14H28N2O5. The van der Waals surface area contributed by atoms with Gasteiger partial charge in [-0.3, -0.25) is 0 Å². The minimum Gasteiger partial charge on any atom is -0.480 e. The van der Waals surface area contributed by atoms with Crippen molar-refractivity contribution in [2.45, 2.75) is 33.2 Å². The fourth-order valence-corrected chi connectivity index (χ4v) is 1.54. The number of carboxylic acid groups (broad SMARTS) is 1. The number of carbonyl (C=O) groups excluding carboxylic acids is 1. The largest absolute Gasteiger partial charge is 0.480 e. The molecule has 0 unspecified atom stereocenters. The maximum absolute atomic E-state index is 12.5. The Morgan fingerprint density at radius 1 is 1.05 bits per heavy atom. The van der Waals surface area contributed by atoms with Crippen molar-refractivity contribution in [3.05, 3.63) is 0 Å². The molecule has 0 bridgehead atoms. The second kappa shape index (κ2) is 9.57. The van der Waals surface area contributed by atoms with Crippen molar-refractivity contribution in [1.29, 1.82) is 0 Å². The molecule has 0 aliphatic rings. The Balaban J connectivity index is 4.78. The highest BCUT2D eigenvalue weighted by atomic mass is 16.5. The summed E-state index contributed by atoms with van der Waals surface area (Å²) >= 11 is 0. The van der Waals surface area contributed by atoms with Crippen LogP contribution < -0.4 is 0 Å². The molecule has 0 fully saturated rings. The van der Waals surface area contributed by atoms with Gasteiger partial charge in [0.2, 0.25) is 0 Å². The zero-order valence-electron chi connectivity index (χ0n) is 13.7. The van der Waals surface area contributed by atoms with Gasteiger partial charge in [0, 0.05) is 33.4 Å². The van der Waals surface area contributed by atoms with E-state index < -0.39 is 11.5 Å². The molecule has 21 heavy (non-hydrogen) atoms. The van der Waals surface area contributed by atoms with E-state index in [1.54, 1.807) is 4.90 Å². The first-order valence-electron chi connectivity index (χ1n) is 7.20. The van der Waals surface area contributed by atoms with Gasteiger partial charge in [-0.2, -0.15) is 0 Å². The SMILES string of the molecule is CCOCCN(CCOCC)C(=O)N(C)C(C)(C)C(=O)O. The molecule has 0 aromatic carbocycles. The number of hydrogen-bond acceptors (Lipinski definition) is 4. The lowest BCUT2D eigenvalue weighted by Crippen LogP contribution is -2.56. The van der Waals surface area contributed by atoms with E-state index in [9.17, 15) is 14.7 Å². The Labute approximate surface area is 126 Å². The van der Waals surface area contributed by atoms with E-state index in [2.05, 4.69) is 0 Å². The number of hydrogen-bond donors (Lipinski definition) is 1. The predicted octanol–water partition coefficient (Wildman–Crippen LogP) is 1.28. The van der Waals surface area contributed by atoms with Gasteiger partial charge >= 0.3 is 12.0 Å². The van der Waals surface area contributed by atoms with Crippen LogP contribution in [0.4, 0.5) is 4.79 Å². The molecule has 0 radical (unpaired) electrons. The van der Waals surface area contributed by atoms with Crippen LogP contribution in [0.2, 0.25) is 0 Å². The monoisotopic (exact) mass is 304 g/mol. The Kier molecular flexibility index (Phi) is 8.96. The van der Waals surface area contributed by atoms with Gasteiger partial charge in [-0.1, -0.05) is 0 Å². The molecule has 0 aliphatic carbocycles. The number of nitrogens with zero attached hydrogens (tertiary/aromatic N) is 2. The normalized spacial score (nSPS) is 11.3. The number of ether oxygens (including phenoxy) is 2. The van der Waals surface area contributed by atoms with Crippen molar-refractivity contribution in [1.82, 2.24) is 9.80 Å². The maximum atomic E-state index is 12.5. The first-order chi connectivity index (χ1) is 9.78. The van der Waals surface area contributed by atoms with Crippen LogP contribution in [0.15, 0.2) is 0 Å². The number of carbonyl (C=O) groups is 2. The van der Waals surface area contributed by atoms with Crippen LogP contribution in [0.25, 0.3) is 0 Å². The quantitative estimate of drug-likeness (QED) is 0.615. The van der Waals surface area contributed by atoms with Crippen molar-refractivity contribution in [2.75, 3.05) is 46.6 Å². The van der Waals surface area contributed by atoms with Crippen LogP contribution in [-0.2, 0) is 14.3 Å². The smallest absolute Gasteiger partial charge is 0.329 e. The lowest BCUT2D eigenvalue weighted by molar-refractivity contribution is -0.147. The van der Waals surface area contributed by atoms with Crippen molar-refractivity contribution in [3.8, 4) is 0 Å². The van der Waals surface area contributed by atoms with E-state index in [0.717, 1.165) is 0 Å². The third-order valence-electron chi connectivity index (χ3n) is 3.34. The molecule has 0 aromatic rings. The number of rotatable bonds is 10. The maximum Gasteiger partial charge on any atom is 0.329 e. The predicted molar refractivity (Wildman–Crippen MR) is 79.4 cm³/mol. The molecule has 0 aromatic heterocycles. The summed E-state index contributed by atoms with van der Waals surface area (Å²) in [5.41, 5.74) is -1.27. The highest BCUT2D eigenvalue weighted by molar-refractivity contribution is 5.85. The van der Waals surface area contributed by atoms with Gasteiger partial charge in [0.25, 0.3) is 0 Å². The summed E-state index contributed by atoms with van der Waals surface area (Å²) in [6.07, 6.45) is 0. The molecule has 7 heteroatoms. The van der Waals surface area contributed by atoms with Crippen LogP contribution in [-0.4, -0.2) is 79.0 Å². The van der Waals surface area contributed by atoms with Gasteiger partial charge in [-0.05, 0) is 27.7 Å². The van der Waals surface area contributed by atoms with E-state index >= 15 is 0 Å². The van der Waals surface area contributed by atoms with Gasteiger partial charge in [-0.25, -0.2) is 9.59 Å². The second-order valence-corrected chi connectivity index (χ2v) is 5.09. The number of likely N-dealkylation sites (N-methyl/N-ethyl adjacent to an activating group) is 1. The van der Waals surface area contributed by atoms with Crippen LogP contribution in [0.1, 0.15) is 27.7 Å². The summed E-state index contributed by atoms with van der Waals surface area (Å²) in [4.78, 5) is 26.5. The highest BCUT2D eigenvalue weighted by Gasteiger charge is 2.37. The van der Waals surface area contributed by atoms with Crippen LogP contribution >= 0.6 is 0 Å². The average Bonchev–Trinajstić information content (AvgIpc) is 2.44. The molecular weight excluding hydrogens is 276 g/mol. The van der Waals surface area contributed by atoms with E-state index in [1.165, 1.54) is 25.8 Å². The van der Waals surface area contributed by atoms with Crippen molar-refractivity contribution in [3.63, 3.8) is 0 Å². The van der Waals surface area contributed by atoms with Gasteiger partial charge in [0.05, 0.1) is 13.2 Å². The molecule has 2 amide bonds. The summed E-state index contributed by atoms with van der Waals surface area (Å²) in [5, 5.41) is 9.21. The van der Waals surface area contributed by atoms with E-state index in [0.29, 0.717) is 39.5 Å². The van der Waals surface area contributed by atoms with Crippen LogP contribution in [0.5, 0.6) is 0 Å². The molecule has 0 atom stereocenters. The summed E-state index contributed by atoms with van der Waals surface area (Å²) in [5.74, 6) is -1.05. The van der Waals surface area contributed by atoms with E-state index in [1.807, 2.05) is 13.8 Å². The Morgan fingerprint density at radius 2 is 1.48 bits per heavy atom. The Morgan fingerprint density at radius 3 is 1.81 bits per heavy atom. The average molecular weight is 304 g/mol. The molecule has 0 aliphatic heterocycles. The zero-order valence-corrected chi connectivity index (χ0v) is 13.7. The first kappa shape index (κ1) is 19.7. The van der Waals surface area contributed by atoms with Crippen molar-refractivity contribution < 1.29 is 24.2 Å². The highest BCUT2D eigenvalue weighted by Crippen LogP contribution is 2.14. The molecule has 0 saturated carbocycles. The summed E-state index contributed by atoms with van der Waals surface area (Å²) in [6, 6.07) is -0.346. The second-order valence-electron chi connectivity index (χ2n) is 5.09. The molecule has 7 nitrogen and oxygen atoms in total. The van der Waals surface area contributed by atoms with Crippen LogP contribution in [0.3, 0.4) is 0 Å². The molecule has 0 spiro atoms. The van der Waals surface area contributed by atoms with Gasteiger partial charge in [0.1, 0.15) is 5.54 Å². The lowest BCUT2D eigenvalue weighted by Gasteiger charge is -2.36. The number of amides is 2. The third-order valence-corrected chi connectivity index (χ3v) is 3.34. The van der Waals surface area contributed by atoms with Crippen molar-refractivity contribution >= 4 is 12.0 Å². The molecule has 1 N–H and O–H groups in total. The molecule has 0 rings (SSSR count). The van der Waals surface area contributed by atoms with Gasteiger partial charge in [0.15, 0.2) is 0 Å². The topological polar surface area (TPSA) is 79.3 Å². The van der Waals surface area contributed by atoms with Crippen LogP contribution in [0, 0.1) is 0 Å². The van der Waals surface area contributed by atoms with Gasteiger partial charge < -0.3 is 24.4 Å². The molecule has 0 heterocycles. The fraction of sp³-hybridized carbons (Fsp3) is 0.857. The molecule has 0 saturated heterocycles. The summed E-state index contributed by atoms with van der Waals surface area (Å²) in [6.45, 7) is 9.53. The minimum absolute atomic E-state index is 0.346. The first-order valence-corrected chi connectivity index (χ1v) is 7.20. The number of urea groups is 1. The fourth-order valence-electron chi connectivity index (χ4n) is 1.54. The lowest BCUT2D eigenvalue weighted by atomic mass is 10.0. The summed E-state index contributed by atoms with van der Waals surface area (Å²) in [7, 11) is 1.49. The van der Waals surface area contributed by atoms with E-state index in [4.69, 9.17) is 9.47 Å².